The fourth-order valence-corrected chi connectivity index (χ4v) is 3.44. The number of amides is 2. The summed E-state index contributed by atoms with van der Waals surface area (Å²) >= 11 is 0. The first-order valence-corrected chi connectivity index (χ1v) is 9.53. The van der Waals surface area contributed by atoms with E-state index in [0.29, 0.717) is 18.0 Å². The van der Waals surface area contributed by atoms with Crippen LogP contribution in [-0.2, 0) is 11.3 Å². The summed E-state index contributed by atoms with van der Waals surface area (Å²) in [5.74, 6) is 0.835. The normalized spacial score (nSPS) is 19.7. The van der Waals surface area contributed by atoms with E-state index in [2.05, 4.69) is 20.4 Å². The summed E-state index contributed by atoms with van der Waals surface area (Å²) in [6, 6.07) is 3.75. The van der Waals surface area contributed by atoms with Gasteiger partial charge in [-0.15, -0.1) is 0 Å². The van der Waals surface area contributed by atoms with Gasteiger partial charge in [-0.05, 0) is 43.7 Å². The van der Waals surface area contributed by atoms with Crippen LogP contribution in [0.5, 0.6) is 0 Å². The topological polar surface area (TPSA) is 93.0 Å². The van der Waals surface area contributed by atoms with Gasteiger partial charge >= 0.3 is 0 Å². The molecule has 1 N–H and O–H groups in total. The number of nitrogens with one attached hydrogen (secondary N) is 1. The highest BCUT2D eigenvalue weighted by Gasteiger charge is 2.26. The van der Waals surface area contributed by atoms with Crippen molar-refractivity contribution in [3.8, 4) is 0 Å². The molecule has 1 saturated heterocycles. The number of pyridine rings is 1. The Bertz CT molecular complexity index is 785. The number of aromatic nitrogens is 4. The van der Waals surface area contributed by atoms with Crippen molar-refractivity contribution in [3.63, 3.8) is 0 Å². The lowest BCUT2D eigenvalue weighted by Crippen LogP contribution is -2.41. The minimum Gasteiger partial charge on any atom is -0.352 e. The molecular weight excluding hydrogens is 344 g/mol. The summed E-state index contributed by atoms with van der Waals surface area (Å²) in [5.41, 5.74) is 1.53. The summed E-state index contributed by atoms with van der Waals surface area (Å²) in [5, 5.41) is 6.95. The van der Waals surface area contributed by atoms with Gasteiger partial charge in [-0.1, -0.05) is 0 Å². The SMILES string of the molecule is O=C(NCC1CC1)c1ccc(C2CCCN(C(=O)Cn3cncn3)C2)nc1. The predicted octanol–water partition coefficient (Wildman–Crippen LogP) is 1.22. The summed E-state index contributed by atoms with van der Waals surface area (Å²) in [4.78, 5) is 34.9. The van der Waals surface area contributed by atoms with E-state index in [9.17, 15) is 9.59 Å². The van der Waals surface area contributed by atoms with E-state index in [1.807, 2.05) is 17.0 Å². The van der Waals surface area contributed by atoms with Gasteiger partial charge in [-0.25, -0.2) is 9.67 Å². The highest BCUT2D eigenvalue weighted by atomic mass is 16.2. The Kier molecular flexibility index (Phi) is 5.13. The minimum absolute atomic E-state index is 0.0428. The lowest BCUT2D eigenvalue weighted by atomic mass is 9.94. The first-order chi connectivity index (χ1) is 13.2. The van der Waals surface area contributed by atoms with Crippen LogP contribution in [0.25, 0.3) is 0 Å². The second-order valence-electron chi connectivity index (χ2n) is 7.40. The molecule has 142 valence electrons. The van der Waals surface area contributed by atoms with Crippen LogP contribution in [0.4, 0.5) is 0 Å². The highest BCUT2D eigenvalue weighted by molar-refractivity contribution is 5.93. The van der Waals surface area contributed by atoms with Crippen LogP contribution < -0.4 is 5.32 Å². The molecule has 1 aliphatic carbocycles. The van der Waals surface area contributed by atoms with Gasteiger partial charge in [0.1, 0.15) is 19.2 Å². The number of likely N-dealkylation sites (tertiary alicyclic amines) is 1. The largest absolute Gasteiger partial charge is 0.352 e. The number of hydrogen-bond donors (Lipinski definition) is 1. The maximum Gasteiger partial charge on any atom is 0.252 e. The van der Waals surface area contributed by atoms with Crippen LogP contribution in [0.3, 0.4) is 0 Å². The number of nitrogens with zero attached hydrogens (tertiary/aromatic N) is 5. The predicted molar refractivity (Wildman–Crippen MR) is 97.9 cm³/mol. The molecule has 2 aliphatic rings. The fourth-order valence-electron chi connectivity index (χ4n) is 3.44. The van der Waals surface area contributed by atoms with Crippen LogP contribution in [0, 0.1) is 5.92 Å². The molecular formula is C19H24N6O2. The van der Waals surface area contributed by atoms with Crippen molar-refractivity contribution in [1.82, 2.24) is 30.0 Å². The van der Waals surface area contributed by atoms with Crippen LogP contribution >= 0.6 is 0 Å². The summed E-state index contributed by atoms with van der Waals surface area (Å²) < 4.78 is 1.54. The lowest BCUT2D eigenvalue weighted by Gasteiger charge is -2.32. The van der Waals surface area contributed by atoms with E-state index >= 15 is 0 Å². The monoisotopic (exact) mass is 368 g/mol. The molecule has 2 fully saturated rings. The van der Waals surface area contributed by atoms with Crippen molar-refractivity contribution in [3.05, 3.63) is 42.2 Å². The molecule has 1 aliphatic heterocycles. The quantitative estimate of drug-likeness (QED) is 0.827. The molecule has 4 rings (SSSR count). The zero-order chi connectivity index (χ0) is 18.6. The van der Waals surface area contributed by atoms with Crippen molar-refractivity contribution in [2.75, 3.05) is 19.6 Å². The molecule has 0 aromatic carbocycles. The molecule has 1 atom stereocenters. The molecule has 2 aromatic heterocycles. The summed E-state index contributed by atoms with van der Waals surface area (Å²) in [6.45, 7) is 2.37. The maximum atomic E-state index is 12.5. The first-order valence-electron chi connectivity index (χ1n) is 9.53. The highest BCUT2D eigenvalue weighted by Crippen LogP contribution is 2.28. The maximum absolute atomic E-state index is 12.5. The van der Waals surface area contributed by atoms with Crippen LogP contribution in [0.2, 0.25) is 0 Å². The lowest BCUT2D eigenvalue weighted by molar-refractivity contribution is -0.133. The summed E-state index contributed by atoms with van der Waals surface area (Å²) in [7, 11) is 0. The van der Waals surface area contributed by atoms with Crippen molar-refractivity contribution < 1.29 is 9.59 Å². The van der Waals surface area contributed by atoms with Crippen LogP contribution in [0.1, 0.15) is 47.7 Å². The first kappa shape index (κ1) is 17.6. The van der Waals surface area contributed by atoms with Gasteiger partial charge in [0, 0.05) is 37.4 Å². The van der Waals surface area contributed by atoms with Gasteiger partial charge in [0.05, 0.1) is 5.56 Å². The molecule has 0 radical (unpaired) electrons. The molecule has 2 amide bonds. The molecule has 8 heteroatoms. The van der Waals surface area contributed by atoms with Gasteiger partial charge < -0.3 is 10.2 Å². The number of piperidine rings is 1. The Labute approximate surface area is 158 Å². The zero-order valence-electron chi connectivity index (χ0n) is 15.3. The smallest absolute Gasteiger partial charge is 0.252 e. The van der Waals surface area contributed by atoms with Crippen LogP contribution in [0.15, 0.2) is 31.0 Å². The Hall–Kier alpha value is -2.77. The fraction of sp³-hybridized carbons (Fsp3) is 0.526. The third-order valence-electron chi connectivity index (χ3n) is 5.25. The Morgan fingerprint density at radius 2 is 2.11 bits per heavy atom. The Balaban J connectivity index is 1.34. The second-order valence-corrected chi connectivity index (χ2v) is 7.40. The van der Waals surface area contributed by atoms with Crippen molar-refractivity contribution in [2.24, 2.45) is 5.92 Å². The van der Waals surface area contributed by atoms with E-state index in [1.54, 1.807) is 17.2 Å². The molecule has 1 unspecified atom stereocenters. The van der Waals surface area contributed by atoms with Crippen molar-refractivity contribution in [2.45, 2.75) is 38.1 Å². The third kappa shape index (κ3) is 4.50. The summed E-state index contributed by atoms with van der Waals surface area (Å²) in [6.07, 6.45) is 8.99. The van der Waals surface area contributed by atoms with Gasteiger partial charge in [0.15, 0.2) is 0 Å². The van der Waals surface area contributed by atoms with Crippen molar-refractivity contribution >= 4 is 11.8 Å². The molecule has 0 bridgehead atoms. The molecule has 8 nitrogen and oxygen atoms in total. The number of carbonyl (C=O) groups excluding carboxylic acids is 2. The zero-order valence-corrected chi connectivity index (χ0v) is 15.3. The third-order valence-corrected chi connectivity index (χ3v) is 5.25. The van der Waals surface area contributed by atoms with E-state index in [-0.39, 0.29) is 24.3 Å². The number of hydrogen-bond acceptors (Lipinski definition) is 5. The van der Waals surface area contributed by atoms with Gasteiger partial charge in [0.25, 0.3) is 5.91 Å². The van der Waals surface area contributed by atoms with Gasteiger partial charge in [0.2, 0.25) is 5.91 Å². The second kappa shape index (κ2) is 7.85. The molecule has 0 spiro atoms. The number of carbonyl (C=O) groups is 2. The van der Waals surface area contributed by atoms with Gasteiger partial charge in [-0.2, -0.15) is 5.10 Å². The molecule has 3 heterocycles. The average Bonchev–Trinajstić information content (AvgIpc) is 3.41. The van der Waals surface area contributed by atoms with Crippen LogP contribution in [-0.4, -0.2) is 56.1 Å². The van der Waals surface area contributed by atoms with Gasteiger partial charge in [-0.3, -0.25) is 14.6 Å². The molecule has 1 saturated carbocycles. The number of rotatable bonds is 6. The average molecular weight is 368 g/mol. The van der Waals surface area contributed by atoms with Crippen molar-refractivity contribution in [1.29, 1.82) is 0 Å². The van der Waals surface area contributed by atoms with E-state index < -0.39 is 0 Å². The standard InChI is InChI=1S/C19H24N6O2/c26-18(11-25-13-20-12-23-25)24-7-1-2-16(10-24)17-6-5-15(9-21-17)19(27)22-8-14-3-4-14/h5-6,9,12-14,16H,1-4,7-8,10-11H2,(H,22,27). The van der Waals surface area contributed by atoms with E-state index in [1.165, 1.54) is 19.2 Å². The van der Waals surface area contributed by atoms with E-state index in [0.717, 1.165) is 31.6 Å². The Morgan fingerprint density at radius 3 is 2.81 bits per heavy atom. The van der Waals surface area contributed by atoms with E-state index in [4.69, 9.17) is 0 Å². The minimum atomic E-state index is -0.0609. The molecule has 2 aromatic rings. The Morgan fingerprint density at radius 1 is 1.22 bits per heavy atom. The molecule has 27 heavy (non-hydrogen) atoms.